The normalized spacial score (nSPS) is 10.3. The first-order chi connectivity index (χ1) is 3.31. The minimum absolute atomic E-state index is 0.316. The standard InChI is InChI=1S/C3H9NO3/c1-2-3-4(5)7-6/h5-6H,2-3H2,1H3. The third-order valence-electron chi connectivity index (χ3n) is 0.509. The lowest BCUT2D eigenvalue weighted by Gasteiger charge is -2.04. The summed E-state index contributed by atoms with van der Waals surface area (Å²) >= 11 is 0. The average Bonchev–Trinajstić information content (AvgIpc) is 1.68. The van der Waals surface area contributed by atoms with Gasteiger partial charge >= 0.3 is 0 Å². The van der Waals surface area contributed by atoms with E-state index < -0.39 is 0 Å². The van der Waals surface area contributed by atoms with Gasteiger partial charge in [0.2, 0.25) is 0 Å². The third kappa shape index (κ3) is 3.68. The molecule has 0 aromatic heterocycles. The molecule has 0 atom stereocenters. The predicted octanol–water partition coefficient (Wildman–Crippen LogP) is 0.492. The quantitative estimate of drug-likeness (QED) is 0.407. The molecule has 7 heavy (non-hydrogen) atoms. The van der Waals surface area contributed by atoms with Gasteiger partial charge in [0, 0.05) is 0 Å². The summed E-state index contributed by atoms with van der Waals surface area (Å²) in [5.41, 5.74) is 0. The van der Waals surface area contributed by atoms with E-state index in [9.17, 15) is 0 Å². The first-order valence-corrected chi connectivity index (χ1v) is 2.09. The lowest BCUT2D eigenvalue weighted by atomic mass is 10.5. The van der Waals surface area contributed by atoms with Crippen LogP contribution in [0.3, 0.4) is 0 Å². The molecule has 0 saturated carbocycles. The zero-order valence-corrected chi connectivity index (χ0v) is 4.16. The molecular weight excluding hydrogens is 98.0 g/mol. The number of nitrogens with zero attached hydrogens (tertiary/aromatic N) is 1. The largest absolute Gasteiger partial charge is 0.287 e. The molecule has 0 fully saturated rings. The fraction of sp³-hybridized carbons (Fsp3) is 1.00. The topological polar surface area (TPSA) is 52.9 Å². The molecule has 0 aliphatic carbocycles. The molecule has 0 aliphatic heterocycles. The van der Waals surface area contributed by atoms with Crippen LogP contribution in [0.5, 0.6) is 0 Å². The second kappa shape index (κ2) is 4.01. The van der Waals surface area contributed by atoms with Crippen LogP contribution in [0.2, 0.25) is 0 Å². The molecule has 4 nitrogen and oxygen atoms in total. The van der Waals surface area contributed by atoms with Gasteiger partial charge in [-0.15, -0.1) is 4.99 Å². The molecule has 0 radical (unpaired) electrons. The van der Waals surface area contributed by atoms with Gasteiger partial charge in [0.25, 0.3) is 0 Å². The Kier molecular flexibility index (Phi) is 3.92. The summed E-state index contributed by atoms with van der Waals surface area (Å²) in [5, 5.41) is 16.2. The molecule has 0 rings (SSSR count). The maximum absolute atomic E-state index is 8.22. The molecule has 4 heteroatoms. The van der Waals surface area contributed by atoms with Gasteiger partial charge in [-0.1, -0.05) is 6.92 Å². The molecule has 0 aliphatic rings. The van der Waals surface area contributed by atoms with Crippen LogP contribution in [-0.2, 0) is 4.99 Å². The highest BCUT2D eigenvalue weighted by molar-refractivity contribution is 4.22. The van der Waals surface area contributed by atoms with E-state index in [0.717, 1.165) is 6.42 Å². The smallest absolute Gasteiger partial charge is 0.0543 e. The van der Waals surface area contributed by atoms with Gasteiger partial charge < -0.3 is 0 Å². The fourth-order valence-electron chi connectivity index (χ4n) is 0.232. The first kappa shape index (κ1) is 6.84. The summed E-state index contributed by atoms with van der Waals surface area (Å²) in [4.78, 5) is 3.38. The molecule has 44 valence electrons. The molecule has 0 unspecified atom stereocenters. The van der Waals surface area contributed by atoms with Crippen molar-refractivity contribution >= 4 is 0 Å². The Balaban J connectivity index is 2.83. The van der Waals surface area contributed by atoms with Gasteiger partial charge in [-0.25, -0.2) is 5.26 Å². The van der Waals surface area contributed by atoms with Crippen molar-refractivity contribution in [3.63, 3.8) is 0 Å². The van der Waals surface area contributed by atoms with Crippen molar-refractivity contribution in [3.8, 4) is 0 Å². The summed E-state index contributed by atoms with van der Waals surface area (Å²) in [6, 6.07) is 0. The summed E-state index contributed by atoms with van der Waals surface area (Å²) in [6.07, 6.45) is 0.733. The highest BCUT2D eigenvalue weighted by Gasteiger charge is 1.92. The van der Waals surface area contributed by atoms with E-state index in [1.165, 1.54) is 0 Å². The highest BCUT2D eigenvalue weighted by Crippen LogP contribution is 1.81. The minimum Gasteiger partial charge on any atom is -0.287 e. The SMILES string of the molecule is CCCN(O)OO. The van der Waals surface area contributed by atoms with Crippen LogP contribution in [0.25, 0.3) is 0 Å². The summed E-state index contributed by atoms with van der Waals surface area (Å²) in [6.45, 7) is 2.17. The van der Waals surface area contributed by atoms with Crippen molar-refractivity contribution in [3.05, 3.63) is 0 Å². The third-order valence-corrected chi connectivity index (χ3v) is 0.509. The van der Waals surface area contributed by atoms with Gasteiger partial charge in [-0.05, 0) is 11.6 Å². The van der Waals surface area contributed by atoms with Gasteiger partial charge in [0.15, 0.2) is 0 Å². The van der Waals surface area contributed by atoms with Crippen molar-refractivity contribution in [2.24, 2.45) is 0 Å². The van der Waals surface area contributed by atoms with Gasteiger partial charge in [0.05, 0.1) is 6.54 Å². The maximum atomic E-state index is 8.22. The second-order valence-electron chi connectivity index (χ2n) is 1.16. The Morgan fingerprint density at radius 3 is 2.43 bits per heavy atom. The summed E-state index contributed by atoms with van der Waals surface area (Å²) in [7, 11) is 0. The van der Waals surface area contributed by atoms with Crippen LogP contribution in [0.4, 0.5) is 0 Å². The number of rotatable bonds is 3. The van der Waals surface area contributed by atoms with Gasteiger partial charge in [-0.3, -0.25) is 5.21 Å². The van der Waals surface area contributed by atoms with Crippen LogP contribution in [0.15, 0.2) is 0 Å². The Hall–Kier alpha value is -0.160. The van der Waals surface area contributed by atoms with E-state index in [2.05, 4.69) is 4.99 Å². The van der Waals surface area contributed by atoms with E-state index in [4.69, 9.17) is 10.5 Å². The Morgan fingerprint density at radius 1 is 1.71 bits per heavy atom. The van der Waals surface area contributed by atoms with E-state index in [1.807, 2.05) is 6.92 Å². The lowest BCUT2D eigenvalue weighted by molar-refractivity contribution is -0.492. The highest BCUT2D eigenvalue weighted by atomic mass is 17.2. The number of hydrogen-bond donors (Lipinski definition) is 2. The zero-order chi connectivity index (χ0) is 5.70. The Morgan fingerprint density at radius 2 is 2.29 bits per heavy atom. The minimum atomic E-state index is 0.316. The molecule has 0 aromatic rings. The van der Waals surface area contributed by atoms with E-state index >= 15 is 0 Å². The molecule has 0 amide bonds. The number of hydroxylamine groups is 2. The van der Waals surface area contributed by atoms with Crippen molar-refractivity contribution in [2.45, 2.75) is 13.3 Å². The lowest BCUT2D eigenvalue weighted by Crippen LogP contribution is -2.17. The second-order valence-corrected chi connectivity index (χ2v) is 1.16. The monoisotopic (exact) mass is 107 g/mol. The Labute approximate surface area is 41.8 Å². The van der Waals surface area contributed by atoms with Crippen LogP contribution < -0.4 is 0 Å². The molecule has 0 aromatic carbocycles. The van der Waals surface area contributed by atoms with Gasteiger partial charge in [0.1, 0.15) is 0 Å². The summed E-state index contributed by atoms with van der Waals surface area (Å²) < 4.78 is 0. The predicted molar refractivity (Wildman–Crippen MR) is 22.5 cm³/mol. The van der Waals surface area contributed by atoms with Crippen LogP contribution in [0, 0.1) is 0 Å². The first-order valence-electron chi connectivity index (χ1n) is 2.09. The van der Waals surface area contributed by atoms with Crippen molar-refractivity contribution in [1.82, 2.24) is 5.23 Å². The van der Waals surface area contributed by atoms with Crippen molar-refractivity contribution < 1.29 is 15.5 Å². The van der Waals surface area contributed by atoms with E-state index in [0.29, 0.717) is 11.8 Å². The molecule has 0 spiro atoms. The summed E-state index contributed by atoms with van der Waals surface area (Å²) in [5.74, 6) is 0. The van der Waals surface area contributed by atoms with Gasteiger partial charge in [-0.2, -0.15) is 0 Å². The van der Waals surface area contributed by atoms with Crippen molar-refractivity contribution in [2.75, 3.05) is 6.54 Å². The van der Waals surface area contributed by atoms with E-state index in [-0.39, 0.29) is 0 Å². The molecule has 2 N–H and O–H groups in total. The zero-order valence-electron chi connectivity index (χ0n) is 4.16. The molecule has 0 bridgehead atoms. The maximum Gasteiger partial charge on any atom is 0.0543 e. The Bertz CT molecular complexity index is 41.2. The fourth-order valence-corrected chi connectivity index (χ4v) is 0.232. The van der Waals surface area contributed by atoms with Crippen LogP contribution >= 0.6 is 0 Å². The van der Waals surface area contributed by atoms with Crippen molar-refractivity contribution in [1.29, 1.82) is 0 Å². The van der Waals surface area contributed by atoms with Crippen LogP contribution in [-0.4, -0.2) is 22.2 Å². The molecule has 0 saturated heterocycles. The van der Waals surface area contributed by atoms with E-state index in [1.54, 1.807) is 0 Å². The molecule has 0 heterocycles. The number of hydrogen-bond acceptors (Lipinski definition) is 4. The molecular formula is C3H9NO3. The average molecular weight is 107 g/mol. The van der Waals surface area contributed by atoms with Crippen LogP contribution in [0.1, 0.15) is 13.3 Å².